The number of aromatic nitrogens is 3. The predicted molar refractivity (Wildman–Crippen MR) is 104 cm³/mol. The van der Waals surface area contributed by atoms with Crippen molar-refractivity contribution in [3.63, 3.8) is 0 Å². The Morgan fingerprint density at radius 1 is 1.28 bits per heavy atom. The summed E-state index contributed by atoms with van der Waals surface area (Å²) in [5.74, 6) is 1.16. The molecular formula is C20H22FN5O3. The molecule has 152 valence electrons. The number of carbonyl (C=O) groups excluding carboxylic acids is 1. The Labute approximate surface area is 167 Å². The lowest BCUT2D eigenvalue weighted by Crippen LogP contribution is -2.47. The molecule has 1 N–H and O–H groups in total. The molecule has 1 aromatic carbocycles. The molecule has 1 aliphatic rings. The first-order chi connectivity index (χ1) is 14.0. The van der Waals surface area contributed by atoms with Gasteiger partial charge in [0.05, 0.1) is 5.69 Å². The maximum atomic E-state index is 15.0. The third-order valence-electron chi connectivity index (χ3n) is 4.97. The minimum Gasteiger partial charge on any atom is -0.360 e. The average molecular weight is 399 g/mol. The molecule has 1 aliphatic heterocycles. The Morgan fingerprint density at radius 3 is 2.83 bits per heavy atom. The molecule has 0 saturated carbocycles. The first-order valence-corrected chi connectivity index (χ1v) is 9.68. The Hall–Kier alpha value is -3.23. The maximum Gasteiger partial charge on any atom is 0.248 e. The Balaban J connectivity index is 1.56. The van der Waals surface area contributed by atoms with E-state index in [-0.39, 0.29) is 5.91 Å². The van der Waals surface area contributed by atoms with Gasteiger partial charge in [-0.3, -0.25) is 4.79 Å². The van der Waals surface area contributed by atoms with Crippen LogP contribution >= 0.6 is 0 Å². The van der Waals surface area contributed by atoms with Crippen molar-refractivity contribution >= 4 is 17.4 Å². The van der Waals surface area contributed by atoms with Crippen LogP contribution in [-0.4, -0.2) is 33.8 Å². The molecule has 2 aromatic heterocycles. The van der Waals surface area contributed by atoms with Crippen LogP contribution in [0, 0.1) is 12.7 Å². The van der Waals surface area contributed by atoms with Gasteiger partial charge in [-0.2, -0.15) is 4.98 Å². The lowest BCUT2D eigenvalue weighted by molar-refractivity contribution is -0.117. The maximum absolute atomic E-state index is 15.0. The van der Waals surface area contributed by atoms with Gasteiger partial charge in [0.1, 0.15) is 17.6 Å². The van der Waals surface area contributed by atoms with E-state index in [2.05, 4.69) is 20.6 Å². The van der Waals surface area contributed by atoms with Crippen LogP contribution in [0.5, 0.6) is 0 Å². The highest BCUT2D eigenvalue weighted by molar-refractivity contribution is 5.96. The molecule has 0 spiro atoms. The van der Waals surface area contributed by atoms with E-state index in [1.165, 1.54) is 6.07 Å². The molecule has 4 rings (SSSR count). The van der Waals surface area contributed by atoms with Gasteiger partial charge >= 0.3 is 0 Å². The van der Waals surface area contributed by atoms with E-state index >= 15 is 0 Å². The topological polar surface area (TPSA) is 97.3 Å². The van der Waals surface area contributed by atoms with Crippen LogP contribution < -0.4 is 10.2 Å². The summed E-state index contributed by atoms with van der Waals surface area (Å²) < 4.78 is 25.1. The van der Waals surface area contributed by atoms with Crippen molar-refractivity contribution in [1.82, 2.24) is 15.3 Å². The summed E-state index contributed by atoms with van der Waals surface area (Å²) in [5.41, 5.74) is 0.912. The molecule has 1 atom stereocenters. The molecule has 9 heteroatoms. The monoisotopic (exact) mass is 399 g/mol. The van der Waals surface area contributed by atoms with Crippen LogP contribution in [0.3, 0.4) is 0 Å². The average Bonchev–Trinajstić information content (AvgIpc) is 3.37. The van der Waals surface area contributed by atoms with Crippen molar-refractivity contribution in [2.45, 2.75) is 45.6 Å². The van der Waals surface area contributed by atoms with E-state index in [9.17, 15) is 9.18 Å². The number of aryl methyl sites for hydroxylation is 2. The Bertz CT molecular complexity index is 1020. The van der Waals surface area contributed by atoms with Gasteiger partial charge in [-0.25, -0.2) is 4.39 Å². The molecular weight excluding hydrogens is 377 g/mol. The molecule has 0 bridgehead atoms. The van der Waals surface area contributed by atoms with Crippen LogP contribution in [0.2, 0.25) is 0 Å². The second kappa shape index (κ2) is 8.02. The first kappa shape index (κ1) is 19.1. The molecule has 1 saturated heterocycles. The number of carbonyl (C=O) groups is 1. The molecule has 8 nitrogen and oxygen atoms in total. The van der Waals surface area contributed by atoms with E-state index in [4.69, 9.17) is 9.05 Å². The number of rotatable bonds is 5. The number of nitrogens with one attached hydrogen (secondary N) is 1. The summed E-state index contributed by atoms with van der Waals surface area (Å²) in [4.78, 5) is 18.8. The summed E-state index contributed by atoms with van der Waals surface area (Å²) in [6, 6.07) is 5.95. The molecule has 1 fully saturated rings. The summed E-state index contributed by atoms with van der Waals surface area (Å²) in [6.07, 6.45) is 3.03. The number of hydrogen-bond donors (Lipinski definition) is 1. The van der Waals surface area contributed by atoms with Crippen LogP contribution in [-0.2, 0) is 11.2 Å². The van der Waals surface area contributed by atoms with Crippen LogP contribution in [0.25, 0.3) is 11.4 Å². The van der Waals surface area contributed by atoms with Crippen molar-refractivity contribution in [1.29, 1.82) is 0 Å². The molecule has 1 unspecified atom stereocenters. The van der Waals surface area contributed by atoms with Crippen molar-refractivity contribution in [3.8, 4) is 11.4 Å². The largest absolute Gasteiger partial charge is 0.360 e. The predicted octanol–water partition coefficient (Wildman–Crippen LogP) is 3.73. The fourth-order valence-electron chi connectivity index (χ4n) is 3.52. The van der Waals surface area contributed by atoms with Gasteiger partial charge in [0, 0.05) is 24.6 Å². The Morgan fingerprint density at radius 2 is 2.14 bits per heavy atom. The molecule has 3 heterocycles. The van der Waals surface area contributed by atoms with Gasteiger partial charge in [-0.05, 0) is 44.4 Å². The highest BCUT2D eigenvalue weighted by Crippen LogP contribution is 2.30. The quantitative estimate of drug-likeness (QED) is 0.698. The third kappa shape index (κ3) is 3.98. The van der Waals surface area contributed by atoms with Crippen LogP contribution in [0.1, 0.15) is 37.8 Å². The number of nitrogens with zero attached hydrogens (tertiary/aromatic N) is 4. The number of amides is 1. The van der Waals surface area contributed by atoms with Crippen LogP contribution in [0.4, 0.5) is 15.9 Å². The van der Waals surface area contributed by atoms with E-state index in [0.717, 1.165) is 12.8 Å². The molecule has 0 radical (unpaired) electrons. The van der Waals surface area contributed by atoms with E-state index in [1.807, 2.05) is 6.92 Å². The smallest absolute Gasteiger partial charge is 0.248 e. The fourth-order valence-corrected chi connectivity index (χ4v) is 3.52. The highest BCUT2D eigenvalue weighted by atomic mass is 19.1. The normalized spacial score (nSPS) is 16.8. The van der Waals surface area contributed by atoms with Crippen LogP contribution in [0.15, 0.2) is 33.3 Å². The summed E-state index contributed by atoms with van der Waals surface area (Å²) in [5, 5.41) is 10.4. The van der Waals surface area contributed by atoms with E-state index < -0.39 is 11.9 Å². The first-order valence-electron chi connectivity index (χ1n) is 9.68. The van der Waals surface area contributed by atoms with Gasteiger partial charge in [-0.15, -0.1) is 0 Å². The zero-order valence-corrected chi connectivity index (χ0v) is 16.3. The summed E-state index contributed by atoms with van der Waals surface area (Å²) in [7, 11) is 0. The second-order valence-electron chi connectivity index (χ2n) is 7.05. The molecule has 1 amide bonds. The number of hydrogen-bond acceptors (Lipinski definition) is 7. The minimum absolute atomic E-state index is 0.229. The van der Waals surface area contributed by atoms with Gasteiger partial charge in [0.15, 0.2) is 5.82 Å². The third-order valence-corrected chi connectivity index (χ3v) is 4.97. The zero-order valence-electron chi connectivity index (χ0n) is 16.3. The highest BCUT2D eigenvalue weighted by Gasteiger charge is 2.31. The molecule has 3 aromatic rings. The zero-order chi connectivity index (χ0) is 20.4. The van der Waals surface area contributed by atoms with Crippen molar-refractivity contribution in [2.75, 3.05) is 16.8 Å². The standard InChI is InChI=1S/C20H22FN5O3/c1-3-18-23-19(25-29-18)13-7-8-15(14(21)11-13)26-9-5-4-6-16(26)20(27)22-17-10-12(2)28-24-17/h7-8,10-11,16H,3-6,9H2,1-2H3,(H,22,24,27). The minimum atomic E-state index is -0.488. The number of anilines is 2. The van der Waals surface area contributed by atoms with Crippen molar-refractivity contribution < 1.29 is 18.2 Å². The van der Waals surface area contributed by atoms with Gasteiger partial charge in [0.2, 0.25) is 17.6 Å². The van der Waals surface area contributed by atoms with Gasteiger partial charge in [-0.1, -0.05) is 17.2 Å². The lowest BCUT2D eigenvalue weighted by Gasteiger charge is -2.36. The van der Waals surface area contributed by atoms with Gasteiger partial charge < -0.3 is 19.3 Å². The van der Waals surface area contributed by atoms with Crippen molar-refractivity contribution in [3.05, 3.63) is 41.7 Å². The summed E-state index contributed by atoms with van der Waals surface area (Å²) >= 11 is 0. The number of piperidine rings is 1. The SMILES string of the molecule is CCc1nc(-c2ccc(N3CCCCC3C(=O)Nc3cc(C)on3)c(F)c2)no1. The van der Waals surface area contributed by atoms with E-state index in [0.29, 0.717) is 53.9 Å². The number of benzene rings is 1. The lowest BCUT2D eigenvalue weighted by atomic mass is 9.99. The molecule has 29 heavy (non-hydrogen) atoms. The fraction of sp³-hybridized carbons (Fsp3) is 0.400. The number of halogens is 1. The van der Waals surface area contributed by atoms with Gasteiger partial charge in [0.25, 0.3) is 0 Å². The summed E-state index contributed by atoms with van der Waals surface area (Å²) in [6.45, 7) is 4.25. The Kier molecular flexibility index (Phi) is 5.28. The second-order valence-corrected chi connectivity index (χ2v) is 7.05. The van der Waals surface area contributed by atoms with E-state index in [1.54, 1.807) is 30.0 Å². The van der Waals surface area contributed by atoms with Crippen molar-refractivity contribution in [2.24, 2.45) is 0 Å². The molecule has 0 aliphatic carbocycles.